The van der Waals surface area contributed by atoms with Crippen molar-refractivity contribution in [3.63, 3.8) is 0 Å². The molecule has 0 spiro atoms. The van der Waals surface area contributed by atoms with Crippen LogP contribution in [-0.2, 0) is 16.6 Å². The van der Waals surface area contributed by atoms with E-state index in [1.54, 1.807) is 36.4 Å². The molecule has 1 heterocycles. The summed E-state index contributed by atoms with van der Waals surface area (Å²) in [6, 6.07) is 13.3. The molecule has 0 unspecified atom stereocenters. The first-order valence-electron chi connectivity index (χ1n) is 9.67. The second kappa shape index (κ2) is 9.39. The molecule has 0 bridgehead atoms. The minimum absolute atomic E-state index is 0.0196. The zero-order valence-electron chi connectivity index (χ0n) is 16.8. The van der Waals surface area contributed by atoms with E-state index in [1.807, 2.05) is 4.90 Å². The van der Waals surface area contributed by atoms with Crippen LogP contribution in [0.2, 0.25) is 0 Å². The van der Waals surface area contributed by atoms with E-state index in [4.69, 9.17) is 4.74 Å². The molecule has 1 aliphatic heterocycles. The summed E-state index contributed by atoms with van der Waals surface area (Å²) in [5.41, 5.74) is 1.41. The van der Waals surface area contributed by atoms with Gasteiger partial charge in [0.2, 0.25) is 10.0 Å². The number of carbonyl (C=O) groups excluding carboxylic acids is 1. The number of nitrogens with zero attached hydrogens (tertiary/aromatic N) is 2. The molecule has 7 nitrogen and oxygen atoms in total. The van der Waals surface area contributed by atoms with Crippen LogP contribution in [0.15, 0.2) is 53.4 Å². The number of carbonyl (C=O) groups is 1. The molecule has 0 saturated carbocycles. The van der Waals surface area contributed by atoms with Gasteiger partial charge in [-0.05, 0) is 48.5 Å². The lowest BCUT2D eigenvalue weighted by Gasteiger charge is -2.34. The molecular weight excluding hydrogens is 390 g/mol. The van der Waals surface area contributed by atoms with Crippen molar-refractivity contribution in [2.24, 2.45) is 0 Å². The quantitative estimate of drug-likeness (QED) is 0.745. The van der Waals surface area contributed by atoms with E-state index < -0.39 is 10.0 Å². The van der Waals surface area contributed by atoms with Crippen molar-refractivity contribution in [2.45, 2.75) is 18.4 Å². The smallest absolute Gasteiger partial charge is 0.253 e. The maximum atomic E-state index is 12.6. The Kier molecular flexibility index (Phi) is 6.89. The normalized spacial score (nSPS) is 15.3. The van der Waals surface area contributed by atoms with Gasteiger partial charge in [-0.3, -0.25) is 4.79 Å². The van der Waals surface area contributed by atoms with E-state index in [0.717, 1.165) is 38.3 Å². The van der Waals surface area contributed by atoms with E-state index in [-0.39, 0.29) is 17.3 Å². The van der Waals surface area contributed by atoms with Crippen molar-refractivity contribution in [1.82, 2.24) is 14.5 Å². The highest BCUT2D eigenvalue weighted by Crippen LogP contribution is 2.16. The summed E-state index contributed by atoms with van der Waals surface area (Å²) in [5.74, 6) is 0.617. The molecule has 0 aliphatic carbocycles. The molecule has 3 rings (SSSR count). The fourth-order valence-corrected chi connectivity index (χ4v) is 4.25. The molecule has 0 aromatic heterocycles. The SMILES string of the molecule is CCN1CCN(C(=O)c2ccc(CNS(=O)(=O)c3ccc(OC)cc3)cc2)CC1. The third-order valence-corrected chi connectivity index (χ3v) is 6.56. The van der Waals surface area contributed by atoms with E-state index in [1.165, 1.54) is 19.2 Å². The molecule has 1 fully saturated rings. The topological polar surface area (TPSA) is 79.0 Å². The highest BCUT2D eigenvalue weighted by atomic mass is 32.2. The number of hydrogen-bond acceptors (Lipinski definition) is 5. The molecule has 0 atom stereocenters. The van der Waals surface area contributed by atoms with Crippen LogP contribution in [0, 0.1) is 0 Å². The first-order chi connectivity index (χ1) is 13.9. The maximum absolute atomic E-state index is 12.6. The van der Waals surface area contributed by atoms with Gasteiger partial charge in [-0.25, -0.2) is 13.1 Å². The number of piperazine rings is 1. The Hall–Kier alpha value is -2.42. The summed E-state index contributed by atoms with van der Waals surface area (Å²) < 4.78 is 32.5. The molecule has 29 heavy (non-hydrogen) atoms. The van der Waals surface area contributed by atoms with Gasteiger partial charge in [0.1, 0.15) is 5.75 Å². The number of hydrogen-bond donors (Lipinski definition) is 1. The first kappa shape index (κ1) is 21.3. The van der Waals surface area contributed by atoms with Gasteiger partial charge < -0.3 is 14.5 Å². The van der Waals surface area contributed by atoms with Crippen LogP contribution in [0.25, 0.3) is 0 Å². The average Bonchev–Trinajstić information content (AvgIpc) is 2.77. The van der Waals surface area contributed by atoms with Crippen LogP contribution in [0.4, 0.5) is 0 Å². The van der Waals surface area contributed by atoms with Crippen LogP contribution in [0.1, 0.15) is 22.8 Å². The molecule has 1 N–H and O–H groups in total. The van der Waals surface area contributed by atoms with Crippen LogP contribution >= 0.6 is 0 Å². The predicted molar refractivity (Wildman–Crippen MR) is 111 cm³/mol. The molecule has 156 valence electrons. The van der Waals surface area contributed by atoms with Crippen molar-refractivity contribution in [2.75, 3.05) is 39.8 Å². The molecule has 1 aliphatic rings. The number of methoxy groups -OCH3 is 1. The van der Waals surface area contributed by atoms with Crippen LogP contribution < -0.4 is 9.46 Å². The number of ether oxygens (including phenoxy) is 1. The number of amides is 1. The number of likely N-dealkylation sites (N-methyl/N-ethyl adjacent to an activating group) is 1. The van der Waals surface area contributed by atoms with Gasteiger partial charge in [-0.2, -0.15) is 0 Å². The van der Waals surface area contributed by atoms with Gasteiger partial charge >= 0.3 is 0 Å². The van der Waals surface area contributed by atoms with Crippen molar-refractivity contribution in [3.8, 4) is 5.75 Å². The fourth-order valence-electron chi connectivity index (χ4n) is 3.23. The lowest BCUT2D eigenvalue weighted by Crippen LogP contribution is -2.48. The van der Waals surface area contributed by atoms with Crippen LogP contribution in [-0.4, -0.2) is 64.0 Å². The van der Waals surface area contributed by atoms with E-state index in [0.29, 0.717) is 11.3 Å². The van der Waals surface area contributed by atoms with E-state index >= 15 is 0 Å². The van der Waals surface area contributed by atoms with E-state index in [9.17, 15) is 13.2 Å². The molecule has 0 radical (unpaired) electrons. The van der Waals surface area contributed by atoms with E-state index in [2.05, 4.69) is 16.5 Å². The van der Waals surface area contributed by atoms with Crippen LogP contribution in [0.3, 0.4) is 0 Å². The van der Waals surface area contributed by atoms with Gasteiger partial charge in [-0.1, -0.05) is 19.1 Å². The molecule has 1 amide bonds. The fraction of sp³-hybridized carbons (Fsp3) is 0.381. The number of nitrogens with one attached hydrogen (secondary N) is 1. The molecule has 1 saturated heterocycles. The highest BCUT2D eigenvalue weighted by molar-refractivity contribution is 7.89. The lowest BCUT2D eigenvalue weighted by atomic mass is 10.1. The highest BCUT2D eigenvalue weighted by Gasteiger charge is 2.21. The zero-order valence-corrected chi connectivity index (χ0v) is 17.6. The largest absolute Gasteiger partial charge is 0.497 e. The predicted octanol–water partition coefficient (Wildman–Crippen LogP) is 1.95. The third kappa shape index (κ3) is 5.35. The van der Waals surface area contributed by atoms with Crippen molar-refractivity contribution >= 4 is 15.9 Å². The first-order valence-corrected chi connectivity index (χ1v) is 11.2. The summed E-state index contributed by atoms with van der Waals surface area (Å²) >= 11 is 0. The monoisotopic (exact) mass is 417 g/mol. The summed E-state index contributed by atoms with van der Waals surface area (Å²) in [7, 11) is -2.09. The Bertz CT molecular complexity index is 919. The van der Waals surface area contributed by atoms with Gasteiger partial charge in [0.15, 0.2) is 0 Å². The maximum Gasteiger partial charge on any atom is 0.253 e. The van der Waals surface area contributed by atoms with Crippen LogP contribution in [0.5, 0.6) is 5.75 Å². The van der Waals surface area contributed by atoms with Crippen molar-refractivity contribution in [1.29, 1.82) is 0 Å². The Balaban J connectivity index is 1.58. The molecular formula is C21H27N3O4S. The molecule has 2 aromatic carbocycles. The minimum Gasteiger partial charge on any atom is -0.497 e. The van der Waals surface area contributed by atoms with Gasteiger partial charge in [0.05, 0.1) is 12.0 Å². The zero-order chi connectivity index (χ0) is 20.9. The van der Waals surface area contributed by atoms with Gasteiger partial charge in [-0.15, -0.1) is 0 Å². The number of sulfonamides is 1. The number of rotatable bonds is 7. The summed E-state index contributed by atoms with van der Waals surface area (Å²) in [6.45, 7) is 6.54. The van der Waals surface area contributed by atoms with Crippen molar-refractivity contribution < 1.29 is 17.9 Å². The molecule has 2 aromatic rings. The van der Waals surface area contributed by atoms with Gasteiger partial charge in [0, 0.05) is 38.3 Å². The lowest BCUT2D eigenvalue weighted by molar-refractivity contribution is 0.0643. The Labute approximate surface area is 172 Å². The second-order valence-electron chi connectivity index (χ2n) is 6.92. The minimum atomic E-state index is -3.62. The standard InChI is InChI=1S/C21H27N3O4S/c1-3-23-12-14-24(15-13-23)21(25)18-6-4-17(5-7-18)16-22-29(26,27)20-10-8-19(28-2)9-11-20/h4-11,22H,3,12-16H2,1-2H3. The Morgan fingerprint density at radius 1 is 1.00 bits per heavy atom. The summed E-state index contributed by atoms with van der Waals surface area (Å²) in [5, 5.41) is 0. The Morgan fingerprint density at radius 3 is 2.17 bits per heavy atom. The third-order valence-electron chi connectivity index (χ3n) is 5.14. The second-order valence-corrected chi connectivity index (χ2v) is 8.69. The summed E-state index contributed by atoms with van der Waals surface area (Å²) in [6.07, 6.45) is 0. The van der Waals surface area contributed by atoms with Gasteiger partial charge in [0.25, 0.3) is 5.91 Å². The summed E-state index contributed by atoms with van der Waals surface area (Å²) in [4.78, 5) is 17.0. The average molecular weight is 418 g/mol. The number of benzene rings is 2. The van der Waals surface area contributed by atoms with Crippen molar-refractivity contribution in [3.05, 3.63) is 59.7 Å². The Morgan fingerprint density at radius 2 is 1.62 bits per heavy atom. The molecule has 8 heteroatoms.